The molecule has 0 N–H and O–H groups in total. The second-order valence-electron chi connectivity index (χ2n) is 5.03. The summed E-state index contributed by atoms with van der Waals surface area (Å²) in [5, 5.41) is 0. The van der Waals surface area contributed by atoms with E-state index in [9.17, 15) is 4.79 Å². The van der Waals surface area contributed by atoms with E-state index in [4.69, 9.17) is 0 Å². The van der Waals surface area contributed by atoms with Gasteiger partial charge in [0.1, 0.15) is 6.29 Å². The summed E-state index contributed by atoms with van der Waals surface area (Å²) in [5.74, 6) is 1.14. The molecule has 0 aliphatic heterocycles. The van der Waals surface area contributed by atoms with Gasteiger partial charge in [-0.05, 0) is 31.1 Å². The summed E-state index contributed by atoms with van der Waals surface area (Å²) in [6.07, 6.45) is 4.55. The molecule has 13 heavy (non-hydrogen) atoms. The number of rotatable bonds is 2. The summed E-state index contributed by atoms with van der Waals surface area (Å²) in [6, 6.07) is 0. The molecule has 1 heteroatoms. The maximum Gasteiger partial charge on any atom is 0.126 e. The normalized spacial score (nSPS) is 30.2. The van der Waals surface area contributed by atoms with Gasteiger partial charge in [0, 0.05) is 5.41 Å². The van der Waals surface area contributed by atoms with Gasteiger partial charge in [-0.15, -0.1) is 0 Å². The summed E-state index contributed by atoms with van der Waals surface area (Å²) < 4.78 is 0. The van der Waals surface area contributed by atoms with Crippen LogP contribution >= 0.6 is 0 Å². The van der Waals surface area contributed by atoms with Gasteiger partial charge in [-0.25, -0.2) is 0 Å². The first-order valence-electron chi connectivity index (χ1n) is 5.11. The highest BCUT2D eigenvalue weighted by molar-refractivity contribution is 5.59. The quantitative estimate of drug-likeness (QED) is 0.471. The Morgan fingerprint density at radius 2 is 2.15 bits per heavy atom. The molecule has 0 aromatic heterocycles. The van der Waals surface area contributed by atoms with E-state index >= 15 is 0 Å². The molecule has 2 unspecified atom stereocenters. The molecular weight excluding hydrogens is 160 g/mol. The van der Waals surface area contributed by atoms with Gasteiger partial charge >= 0.3 is 0 Å². The number of carbonyl (C=O) groups excluding carboxylic acids is 1. The zero-order chi connectivity index (χ0) is 10.1. The Labute approximate surface area is 81.2 Å². The van der Waals surface area contributed by atoms with E-state index in [1.807, 2.05) is 13.8 Å². The van der Waals surface area contributed by atoms with Gasteiger partial charge in [0.15, 0.2) is 0 Å². The van der Waals surface area contributed by atoms with Crippen molar-refractivity contribution in [1.29, 1.82) is 0 Å². The fraction of sp³-hybridized carbons (Fsp3) is 0.750. The van der Waals surface area contributed by atoms with Crippen molar-refractivity contribution in [1.82, 2.24) is 0 Å². The van der Waals surface area contributed by atoms with Gasteiger partial charge < -0.3 is 4.79 Å². The predicted molar refractivity (Wildman–Crippen MR) is 55.5 cm³/mol. The molecule has 1 aliphatic carbocycles. The van der Waals surface area contributed by atoms with Gasteiger partial charge in [0.05, 0.1) is 0 Å². The molecule has 0 spiro atoms. The maximum absolute atomic E-state index is 10.9. The molecule has 1 nitrogen and oxygen atoms in total. The predicted octanol–water partition coefficient (Wildman–Crippen LogP) is 3.20. The molecule has 0 aromatic rings. The van der Waals surface area contributed by atoms with Crippen LogP contribution in [0.1, 0.15) is 40.0 Å². The fourth-order valence-electron chi connectivity index (χ4n) is 2.20. The lowest BCUT2D eigenvalue weighted by molar-refractivity contribution is -0.117. The molecule has 0 saturated heterocycles. The van der Waals surface area contributed by atoms with Crippen molar-refractivity contribution in [3.8, 4) is 0 Å². The molecule has 1 aliphatic rings. The Bertz CT molecular complexity index is 215. The molecular formula is C12H20O. The monoisotopic (exact) mass is 180 g/mol. The van der Waals surface area contributed by atoms with Crippen LogP contribution in [0.15, 0.2) is 12.2 Å². The smallest absolute Gasteiger partial charge is 0.126 e. The van der Waals surface area contributed by atoms with Crippen LogP contribution in [-0.4, -0.2) is 6.29 Å². The highest BCUT2D eigenvalue weighted by atomic mass is 16.1. The summed E-state index contributed by atoms with van der Waals surface area (Å²) in [7, 11) is 0. The second kappa shape index (κ2) is 3.65. The number of hydrogen-bond donors (Lipinski definition) is 0. The van der Waals surface area contributed by atoms with Crippen LogP contribution in [0.4, 0.5) is 0 Å². The van der Waals surface area contributed by atoms with Crippen molar-refractivity contribution in [3.05, 3.63) is 12.2 Å². The molecule has 0 bridgehead atoms. The Hall–Kier alpha value is -0.590. The molecule has 0 aromatic carbocycles. The van der Waals surface area contributed by atoms with Crippen molar-refractivity contribution in [2.75, 3.05) is 0 Å². The van der Waals surface area contributed by atoms with E-state index in [1.165, 1.54) is 12.0 Å². The van der Waals surface area contributed by atoms with Crippen molar-refractivity contribution < 1.29 is 4.79 Å². The van der Waals surface area contributed by atoms with E-state index in [1.54, 1.807) is 0 Å². The van der Waals surface area contributed by atoms with Crippen molar-refractivity contribution >= 4 is 6.29 Å². The summed E-state index contributed by atoms with van der Waals surface area (Å²) in [6.45, 7) is 10.4. The highest BCUT2D eigenvalue weighted by Gasteiger charge is 2.34. The standard InChI is InChI=1S/C12H20O/c1-9-5-6-10(2)11(7-9)12(3,4)8-13/h8-9,11H,2,5-7H2,1,3-4H3. The van der Waals surface area contributed by atoms with E-state index in [0.717, 1.165) is 25.0 Å². The van der Waals surface area contributed by atoms with Crippen LogP contribution < -0.4 is 0 Å². The van der Waals surface area contributed by atoms with Crippen molar-refractivity contribution in [3.63, 3.8) is 0 Å². The molecule has 0 amide bonds. The third-order valence-corrected chi connectivity index (χ3v) is 3.29. The van der Waals surface area contributed by atoms with Crippen molar-refractivity contribution in [2.45, 2.75) is 40.0 Å². The maximum atomic E-state index is 10.9. The van der Waals surface area contributed by atoms with E-state index in [2.05, 4.69) is 13.5 Å². The van der Waals surface area contributed by atoms with Crippen LogP contribution in [-0.2, 0) is 4.79 Å². The molecule has 0 radical (unpaired) electrons. The minimum absolute atomic E-state index is 0.217. The Morgan fingerprint density at radius 3 is 2.69 bits per heavy atom. The van der Waals surface area contributed by atoms with Crippen LogP contribution in [0.2, 0.25) is 0 Å². The zero-order valence-electron chi connectivity index (χ0n) is 8.97. The molecule has 74 valence electrons. The lowest BCUT2D eigenvalue weighted by Crippen LogP contribution is -2.31. The van der Waals surface area contributed by atoms with Gasteiger partial charge in [-0.3, -0.25) is 0 Å². The number of hydrogen-bond acceptors (Lipinski definition) is 1. The van der Waals surface area contributed by atoms with Crippen molar-refractivity contribution in [2.24, 2.45) is 17.3 Å². The first kappa shape index (κ1) is 10.5. The van der Waals surface area contributed by atoms with Gasteiger partial charge in [-0.1, -0.05) is 32.9 Å². The number of carbonyl (C=O) groups is 1. The average molecular weight is 180 g/mol. The summed E-state index contributed by atoms with van der Waals surface area (Å²) >= 11 is 0. The SMILES string of the molecule is C=C1CCC(C)CC1C(C)(C)C=O. The minimum Gasteiger partial charge on any atom is -0.303 e. The lowest BCUT2D eigenvalue weighted by Gasteiger charge is -2.37. The van der Waals surface area contributed by atoms with Crippen LogP contribution in [0.5, 0.6) is 0 Å². The molecule has 1 saturated carbocycles. The molecule has 0 heterocycles. The third-order valence-electron chi connectivity index (χ3n) is 3.29. The third kappa shape index (κ3) is 2.20. The first-order valence-corrected chi connectivity index (χ1v) is 5.11. The van der Waals surface area contributed by atoms with E-state index < -0.39 is 0 Å². The van der Waals surface area contributed by atoms with E-state index in [-0.39, 0.29) is 5.41 Å². The fourth-order valence-corrected chi connectivity index (χ4v) is 2.20. The highest BCUT2D eigenvalue weighted by Crippen LogP contribution is 2.41. The second-order valence-corrected chi connectivity index (χ2v) is 5.03. The van der Waals surface area contributed by atoms with Gasteiger partial charge in [0.25, 0.3) is 0 Å². The Balaban J connectivity index is 2.76. The van der Waals surface area contributed by atoms with Gasteiger partial charge in [0.2, 0.25) is 0 Å². The van der Waals surface area contributed by atoms with E-state index in [0.29, 0.717) is 5.92 Å². The van der Waals surface area contributed by atoms with Crippen LogP contribution in [0.3, 0.4) is 0 Å². The Kier molecular flexibility index (Phi) is 2.94. The topological polar surface area (TPSA) is 17.1 Å². The summed E-state index contributed by atoms with van der Waals surface area (Å²) in [5.41, 5.74) is 1.06. The molecule has 1 fully saturated rings. The van der Waals surface area contributed by atoms with Crippen LogP contribution in [0.25, 0.3) is 0 Å². The first-order chi connectivity index (χ1) is 5.97. The Morgan fingerprint density at radius 1 is 1.54 bits per heavy atom. The zero-order valence-corrected chi connectivity index (χ0v) is 8.97. The minimum atomic E-state index is -0.217. The largest absolute Gasteiger partial charge is 0.303 e. The number of aldehydes is 1. The molecule has 2 atom stereocenters. The molecule has 1 rings (SSSR count). The van der Waals surface area contributed by atoms with Gasteiger partial charge in [-0.2, -0.15) is 0 Å². The summed E-state index contributed by atoms with van der Waals surface area (Å²) in [4.78, 5) is 10.9. The average Bonchev–Trinajstić information content (AvgIpc) is 2.09. The number of allylic oxidation sites excluding steroid dienone is 1. The van der Waals surface area contributed by atoms with Crippen LogP contribution in [0, 0.1) is 17.3 Å². The lowest BCUT2D eigenvalue weighted by atomic mass is 9.67.